The summed E-state index contributed by atoms with van der Waals surface area (Å²) >= 11 is 0. The second-order valence-corrected chi connectivity index (χ2v) is 4.61. The van der Waals surface area contributed by atoms with Gasteiger partial charge in [-0.15, -0.1) is 0 Å². The zero-order chi connectivity index (χ0) is 12.7. The highest BCUT2D eigenvalue weighted by molar-refractivity contribution is 5.27. The Morgan fingerprint density at radius 3 is 2.59 bits per heavy atom. The van der Waals surface area contributed by atoms with Crippen molar-refractivity contribution in [1.82, 2.24) is 0 Å². The molecule has 1 aromatic rings. The normalized spacial score (nSPS) is 13.2. The molecule has 1 unspecified atom stereocenters. The van der Waals surface area contributed by atoms with Crippen LogP contribution in [0.25, 0.3) is 0 Å². The third-order valence-corrected chi connectivity index (χ3v) is 3.11. The molecule has 0 N–H and O–H groups in total. The molecule has 1 heteroatoms. The number of hydrogen-bond donors (Lipinski definition) is 0. The van der Waals surface area contributed by atoms with Gasteiger partial charge in [0.2, 0.25) is 0 Å². The second-order valence-electron chi connectivity index (χ2n) is 4.61. The van der Waals surface area contributed by atoms with Gasteiger partial charge in [0, 0.05) is 0 Å². The monoisotopic (exact) mass is 234 g/mol. The highest BCUT2D eigenvalue weighted by atomic mass is 19.1. The summed E-state index contributed by atoms with van der Waals surface area (Å²) in [6, 6.07) is 5.52. The quantitative estimate of drug-likeness (QED) is 0.580. The molecule has 0 aliphatic carbocycles. The number of halogens is 1. The third kappa shape index (κ3) is 4.33. The number of hydrogen-bond acceptors (Lipinski definition) is 0. The molecule has 17 heavy (non-hydrogen) atoms. The molecule has 1 aromatic carbocycles. The van der Waals surface area contributed by atoms with E-state index in [2.05, 4.69) is 26.0 Å². The van der Waals surface area contributed by atoms with Crippen molar-refractivity contribution < 1.29 is 4.39 Å². The van der Waals surface area contributed by atoms with Crippen molar-refractivity contribution in [3.05, 3.63) is 47.3 Å². The van der Waals surface area contributed by atoms with Crippen LogP contribution in [-0.4, -0.2) is 0 Å². The topological polar surface area (TPSA) is 0 Å². The summed E-state index contributed by atoms with van der Waals surface area (Å²) in [5, 5.41) is 0. The minimum atomic E-state index is -0.104. The van der Waals surface area contributed by atoms with Gasteiger partial charge in [0.1, 0.15) is 5.82 Å². The van der Waals surface area contributed by atoms with Crippen LogP contribution in [0.5, 0.6) is 0 Å². The van der Waals surface area contributed by atoms with E-state index in [1.165, 1.54) is 18.4 Å². The average molecular weight is 234 g/mol. The van der Waals surface area contributed by atoms with E-state index in [-0.39, 0.29) is 5.82 Å². The number of aryl methyl sites for hydroxylation is 1. The fourth-order valence-corrected chi connectivity index (χ4v) is 2.12. The van der Waals surface area contributed by atoms with E-state index in [4.69, 9.17) is 0 Å². The molecule has 94 valence electrons. The molecule has 0 spiro atoms. The Hall–Kier alpha value is -1.11. The first-order valence-electron chi connectivity index (χ1n) is 6.60. The molecule has 0 saturated heterocycles. The molecule has 0 aliphatic rings. The molecular weight excluding hydrogens is 211 g/mol. The molecule has 0 aromatic heterocycles. The van der Waals surface area contributed by atoms with Crippen LogP contribution in [0.1, 0.15) is 56.6 Å². The van der Waals surface area contributed by atoms with Gasteiger partial charge in [-0.2, -0.15) is 0 Å². The van der Waals surface area contributed by atoms with E-state index in [0.717, 1.165) is 18.4 Å². The SMILES string of the molecule is CC/C=C\CC(CCC)c1ccc(F)c(C)c1. The van der Waals surface area contributed by atoms with Gasteiger partial charge in [0.15, 0.2) is 0 Å². The van der Waals surface area contributed by atoms with Gasteiger partial charge in [-0.1, -0.05) is 44.6 Å². The number of rotatable bonds is 6. The van der Waals surface area contributed by atoms with E-state index in [0.29, 0.717) is 5.92 Å². The van der Waals surface area contributed by atoms with Gasteiger partial charge in [-0.25, -0.2) is 4.39 Å². The summed E-state index contributed by atoms with van der Waals surface area (Å²) in [5.41, 5.74) is 2.02. The van der Waals surface area contributed by atoms with E-state index < -0.39 is 0 Å². The molecule has 0 amide bonds. The van der Waals surface area contributed by atoms with Crippen LogP contribution in [-0.2, 0) is 0 Å². The Bertz CT molecular complexity index is 366. The first kappa shape index (κ1) is 14.0. The molecule has 0 bridgehead atoms. The highest BCUT2D eigenvalue weighted by Gasteiger charge is 2.10. The third-order valence-electron chi connectivity index (χ3n) is 3.11. The van der Waals surface area contributed by atoms with Gasteiger partial charge in [-0.3, -0.25) is 0 Å². The minimum absolute atomic E-state index is 0.104. The highest BCUT2D eigenvalue weighted by Crippen LogP contribution is 2.26. The standard InChI is InChI=1S/C16H23F/c1-4-6-7-9-14(8-5-2)15-10-11-16(17)13(3)12-15/h6-7,10-12,14H,4-5,8-9H2,1-3H3/b7-6-. The van der Waals surface area contributed by atoms with Gasteiger partial charge in [0.25, 0.3) is 0 Å². The summed E-state index contributed by atoms with van der Waals surface area (Å²) in [6.45, 7) is 6.18. The predicted molar refractivity (Wildman–Crippen MR) is 72.8 cm³/mol. The van der Waals surface area contributed by atoms with Crippen LogP contribution in [0.15, 0.2) is 30.4 Å². The predicted octanol–water partition coefficient (Wildman–Crippen LogP) is 5.37. The summed E-state index contributed by atoms with van der Waals surface area (Å²) < 4.78 is 13.2. The Morgan fingerprint density at radius 2 is 2.00 bits per heavy atom. The van der Waals surface area contributed by atoms with Crippen LogP contribution >= 0.6 is 0 Å². The zero-order valence-corrected chi connectivity index (χ0v) is 11.2. The number of allylic oxidation sites excluding steroid dienone is 2. The van der Waals surface area contributed by atoms with Crippen molar-refractivity contribution in [3.8, 4) is 0 Å². The van der Waals surface area contributed by atoms with E-state index >= 15 is 0 Å². The van der Waals surface area contributed by atoms with Crippen molar-refractivity contribution in [2.45, 2.75) is 52.4 Å². The average Bonchev–Trinajstić information content (AvgIpc) is 2.32. The molecule has 1 atom stereocenters. The summed E-state index contributed by atoms with van der Waals surface area (Å²) in [7, 11) is 0. The molecular formula is C16H23F. The Labute approximate surface area is 105 Å². The fraction of sp³-hybridized carbons (Fsp3) is 0.500. The van der Waals surface area contributed by atoms with Crippen LogP contribution in [0.3, 0.4) is 0 Å². The molecule has 0 fully saturated rings. The van der Waals surface area contributed by atoms with Gasteiger partial charge in [0.05, 0.1) is 0 Å². The minimum Gasteiger partial charge on any atom is -0.207 e. The first-order chi connectivity index (χ1) is 8.19. The smallest absolute Gasteiger partial charge is 0.126 e. The maximum absolute atomic E-state index is 13.2. The van der Waals surface area contributed by atoms with E-state index in [1.54, 1.807) is 6.07 Å². The van der Waals surface area contributed by atoms with Crippen LogP contribution in [0.4, 0.5) is 4.39 Å². The van der Waals surface area contributed by atoms with Gasteiger partial charge >= 0.3 is 0 Å². The maximum atomic E-state index is 13.2. The Balaban J connectivity index is 2.81. The lowest BCUT2D eigenvalue weighted by molar-refractivity contribution is 0.601. The molecule has 0 heterocycles. The Morgan fingerprint density at radius 1 is 1.24 bits per heavy atom. The van der Waals surface area contributed by atoms with Crippen molar-refractivity contribution in [2.75, 3.05) is 0 Å². The summed E-state index contributed by atoms with van der Waals surface area (Å²) in [6.07, 6.45) is 8.94. The fourth-order valence-electron chi connectivity index (χ4n) is 2.12. The lowest BCUT2D eigenvalue weighted by atomic mass is 9.90. The summed E-state index contributed by atoms with van der Waals surface area (Å²) in [5.74, 6) is 0.426. The molecule has 0 nitrogen and oxygen atoms in total. The summed E-state index contributed by atoms with van der Waals surface area (Å²) in [4.78, 5) is 0. The van der Waals surface area contributed by atoms with Crippen molar-refractivity contribution >= 4 is 0 Å². The molecule has 1 rings (SSSR count). The second kappa shape index (κ2) is 7.26. The molecule has 0 aliphatic heterocycles. The largest absolute Gasteiger partial charge is 0.207 e. The zero-order valence-electron chi connectivity index (χ0n) is 11.2. The maximum Gasteiger partial charge on any atom is 0.126 e. The van der Waals surface area contributed by atoms with Crippen LogP contribution < -0.4 is 0 Å². The molecule has 0 saturated carbocycles. The van der Waals surface area contributed by atoms with Gasteiger partial charge in [-0.05, 0) is 49.3 Å². The Kier molecular flexibility index (Phi) is 5.96. The van der Waals surface area contributed by atoms with Gasteiger partial charge < -0.3 is 0 Å². The van der Waals surface area contributed by atoms with Crippen LogP contribution in [0.2, 0.25) is 0 Å². The lowest BCUT2D eigenvalue weighted by Gasteiger charge is -2.15. The van der Waals surface area contributed by atoms with Crippen LogP contribution in [0, 0.1) is 12.7 Å². The van der Waals surface area contributed by atoms with E-state index in [9.17, 15) is 4.39 Å². The van der Waals surface area contributed by atoms with Crippen molar-refractivity contribution in [3.63, 3.8) is 0 Å². The van der Waals surface area contributed by atoms with Crippen molar-refractivity contribution in [2.24, 2.45) is 0 Å². The number of benzene rings is 1. The first-order valence-corrected chi connectivity index (χ1v) is 6.60. The lowest BCUT2D eigenvalue weighted by Crippen LogP contribution is -1.99. The molecule has 0 radical (unpaired) electrons. The van der Waals surface area contributed by atoms with E-state index in [1.807, 2.05) is 19.1 Å². The van der Waals surface area contributed by atoms with Crippen molar-refractivity contribution in [1.29, 1.82) is 0 Å².